The molecule has 0 aromatic heterocycles. The van der Waals surface area contributed by atoms with E-state index < -0.39 is 0 Å². The molecule has 0 saturated carbocycles. The maximum Gasteiger partial charge on any atom is 0.309 e. The molecule has 3 rings (SSSR count). The van der Waals surface area contributed by atoms with E-state index in [9.17, 15) is 9.59 Å². The van der Waals surface area contributed by atoms with E-state index in [0.717, 1.165) is 25.1 Å². The number of piperidine rings is 1. The van der Waals surface area contributed by atoms with E-state index in [0.29, 0.717) is 39.1 Å². The lowest BCUT2D eigenvalue weighted by Gasteiger charge is -2.33. The van der Waals surface area contributed by atoms with Crippen LogP contribution in [-0.4, -0.2) is 61.6 Å². The number of hydrogen-bond acceptors (Lipinski definition) is 5. The lowest BCUT2D eigenvalue weighted by atomic mass is 9.97. The van der Waals surface area contributed by atoms with Gasteiger partial charge in [0, 0.05) is 19.1 Å². The van der Waals surface area contributed by atoms with Crippen molar-refractivity contribution in [3.63, 3.8) is 0 Å². The van der Waals surface area contributed by atoms with Crippen molar-refractivity contribution in [3.8, 4) is 5.75 Å². The molecule has 0 aliphatic carbocycles. The van der Waals surface area contributed by atoms with Crippen LogP contribution in [0, 0.1) is 5.92 Å². The Labute approximate surface area is 161 Å². The van der Waals surface area contributed by atoms with Gasteiger partial charge in [0.2, 0.25) is 5.91 Å². The number of hydrogen-bond donors (Lipinski definition) is 0. The smallest absolute Gasteiger partial charge is 0.309 e. The standard InChI is InChI=1S/C21H30N2O4/c1-3-27-21(25)16-9-12-22(13-10-16)20(24)15-23-11-5-8-19(23)17-6-4-7-18(14-17)26-2/h4,6-7,14,16,19H,3,5,8-13,15H2,1-2H3. The van der Waals surface area contributed by atoms with Crippen molar-refractivity contribution in [1.29, 1.82) is 0 Å². The number of likely N-dealkylation sites (tertiary alicyclic amines) is 2. The molecule has 0 bridgehead atoms. The average Bonchev–Trinajstić information content (AvgIpc) is 3.16. The summed E-state index contributed by atoms with van der Waals surface area (Å²) in [4.78, 5) is 28.8. The van der Waals surface area contributed by atoms with Crippen LogP contribution in [-0.2, 0) is 14.3 Å². The molecule has 2 aliphatic rings. The molecule has 1 unspecified atom stereocenters. The number of methoxy groups -OCH3 is 1. The highest BCUT2D eigenvalue weighted by Gasteiger charge is 2.32. The zero-order valence-corrected chi connectivity index (χ0v) is 16.4. The van der Waals surface area contributed by atoms with Crippen molar-refractivity contribution in [2.75, 3.05) is 39.9 Å². The normalized spacial score (nSPS) is 21.3. The Morgan fingerprint density at radius 2 is 1.93 bits per heavy atom. The molecule has 6 nitrogen and oxygen atoms in total. The predicted octanol–water partition coefficient (Wildman–Crippen LogP) is 2.63. The molecule has 2 aliphatic heterocycles. The first-order chi connectivity index (χ1) is 13.1. The molecule has 2 heterocycles. The SMILES string of the molecule is CCOC(=O)C1CCN(C(=O)CN2CCCC2c2cccc(OC)c2)CC1. The molecule has 0 N–H and O–H groups in total. The molecule has 148 valence electrons. The number of amides is 1. The molecule has 6 heteroatoms. The summed E-state index contributed by atoms with van der Waals surface area (Å²) in [6.07, 6.45) is 3.55. The summed E-state index contributed by atoms with van der Waals surface area (Å²) in [7, 11) is 1.68. The predicted molar refractivity (Wildman–Crippen MR) is 102 cm³/mol. The van der Waals surface area contributed by atoms with Crippen molar-refractivity contribution in [2.45, 2.75) is 38.6 Å². The van der Waals surface area contributed by atoms with Gasteiger partial charge in [0.25, 0.3) is 0 Å². The third-order valence-electron chi connectivity index (χ3n) is 5.65. The summed E-state index contributed by atoms with van der Waals surface area (Å²) in [5.41, 5.74) is 1.21. The van der Waals surface area contributed by atoms with E-state index in [1.807, 2.05) is 24.0 Å². The van der Waals surface area contributed by atoms with Crippen molar-refractivity contribution < 1.29 is 19.1 Å². The van der Waals surface area contributed by atoms with Crippen LogP contribution in [0.3, 0.4) is 0 Å². The van der Waals surface area contributed by atoms with Gasteiger partial charge in [-0.15, -0.1) is 0 Å². The third kappa shape index (κ3) is 4.80. The van der Waals surface area contributed by atoms with Gasteiger partial charge in [-0.05, 0) is 56.8 Å². The second-order valence-corrected chi connectivity index (χ2v) is 7.31. The van der Waals surface area contributed by atoms with Crippen LogP contribution in [0.5, 0.6) is 5.75 Å². The summed E-state index contributed by atoms with van der Waals surface area (Å²) in [6.45, 7) is 4.89. The fraction of sp³-hybridized carbons (Fsp3) is 0.619. The lowest BCUT2D eigenvalue weighted by molar-refractivity contribution is -0.151. The minimum atomic E-state index is -0.123. The summed E-state index contributed by atoms with van der Waals surface area (Å²) in [5, 5.41) is 0. The van der Waals surface area contributed by atoms with Gasteiger partial charge in [-0.1, -0.05) is 12.1 Å². The molecule has 1 atom stereocenters. The number of ether oxygens (including phenoxy) is 2. The Bertz CT molecular complexity index is 655. The van der Waals surface area contributed by atoms with Gasteiger partial charge in [-0.25, -0.2) is 0 Å². The third-order valence-corrected chi connectivity index (χ3v) is 5.65. The van der Waals surface area contributed by atoms with E-state index in [1.165, 1.54) is 5.56 Å². The fourth-order valence-electron chi connectivity index (χ4n) is 4.14. The van der Waals surface area contributed by atoms with Crippen LogP contribution in [0.2, 0.25) is 0 Å². The first kappa shape index (κ1) is 19.7. The summed E-state index contributed by atoms with van der Waals surface area (Å²) >= 11 is 0. The molecule has 27 heavy (non-hydrogen) atoms. The first-order valence-electron chi connectivity index (χ1n) is 9.94. The zero-order chi connectivity index (χ0) is 19.2. The number of benzene rings is 1. The largest absolute Gasteiger partial charge is 0.497 e. The van der Waals surface area contributed by atoms with Gasteiger partial charge in [0.15, 0.2) is 0 Å². The van der Waals surface area contributed by atoms with E-state index in [1.54, 1.807) is 7.11 Å². The van der Waals surface area contributed by atoms with Crippen molar-refractivity contribution in [2.24, 2.45) is 5.92 Å². The molecule has 0 spiro atoms. The minimum absolute atomic E-state index is 0.0645. The maximum absolute atomic E-state index is 12.8. The molecule has 2 saturated heterocycles. The van der Waals surface area contributed by atoms with Gasteiger partial charge >= 0.3 is 5.97 Å². The van der Waals surface area contributed by atoms with Crippen LogP contribution in [0.25, 0.3) is 0 Å². The van der Waals surface area contributed by atoms with E-state index in [2.05, 4.69) is 17.0 Å². The number of nitrogens with zero attached hydrogens (tertiary/aromatic N) is 2. The Hall–Kier alpha value is -2.08. The fourth-order valence-corrected chi connectivity index (χ4v) is 4.14. The molecule has 1 aromatic carbocycles. The average molecular weight is 374 g/mol. The van der Waals surface area contributed by atoms with Crippen LogP contribution in [0.4, 0.5) is 0 Å². The van der Waals surface area contributed by atoms with E-state index in [-0.39, 0.29) is 23.8 Å². The molecular weight excluding hydrogens is 344 g/mol. The summed E-state index contributed by atoms with van der Waals surface area (Å²) in [5.74, 6) is 0.825. The molecule has 2 fully saturated rings. The summed E-state index contributed by atoms with van der Waals surface area (Å²) < 4.78 is 10.4. The molecule has 1 amide bonds. The zero-order valence-electron chi connectivity index (χ0n) is 16.4. The Balaban J connectivity index is 1.55. The second kappa shape index (κ2) is 9.22. The monoisotopic (exact) mass is 374 g/mol. The molecule has 0 radical (unpaired) electrons. The van der Waals surface area contributed by atoms with E-state index >= 15 is 0 Å². The Morgan fingerprint density at radius 1 is 1.15 bits per heavy atom. The van der Waals surface area contributed by atoms with Crippen LogP contribution < -0.4 is 4.74 Å². The van der Waals surface area contributed by atoms with Gasteiger partial charge in [-0.3, -0.25) is 14.5 Å². The molecular formula is C21H30N2O4. The van der Waals surface area contributed by atoms with Crippen LogP contribution in [0.15, 0.2) is 24.3 Å². The number of carbonyl (C=O) groups is 2. The highest BCUT2D eigenvalue weighted by molar-refractivity contribution is 5.79. The van der Waals surface area contributed by atoms with Crippen LogP contribution >= 0.6 is 0 Å². The summed E-state index contributed by atoms with van der Waals surface area (Å²) in [6, 6.07) is 8.40. The van der Waals surface area contributed by atoms with Crippen molar-refractivity contribution >= 4 is 11.9 Å². The van der Waals surface area contributed by atoms with Crippen molar-refractivity contribution in [3.05, 3.63) is 29.8 Å². The maximum atomic E-state index is 12.8. The minimum Gasteiger partial charge on any atom is -0.497 e. The van der Waals surface area contributed by atoms with Gasteiger partial charge in [-0.2, -0.15) is 0 Å². The van der Waals surface area contributed by atoms with Crippen molar-refractivity contribution in [1.82, 2.24) is 9.80 Å². The second-order valence-electron chi connectivity index (χ2n) is 7.31. The quantitative estimate of drug-likeness (QED) is 0.717. The Morgan fingerprint density at radius 3 is 2.63 bits per heavy atom. The number of carbonyl (C=O) groups excluding carboxylic acids is 2. The molecule has 1 aromatic rings. The highest BCUT2D eigenvalue weighted by Crippen LogP contribution is 2.33. The van der Waals surface area contributed by atoms with E-state index in [4.69, 9.17) is 9.47 Å². The first-order valence-corrected chi connectivity index (χ1v) is 9.94. The topological polar surface area (TPSA) is 59.1 Å². The van der Waals surface area contributed by atoms with Gasteiger partial charge in [0.1, 0.15) is 5.75 Å². The van der Waals surface area contributed by atoms with Gasteiger partial charge < -0.3 is 14.4 Å². The lowest BCUT2D eigenvalue weighted by Crippen LogP contribution is -2.45. The Kier molecular flexibility index (Phi) is 6.72. The number of esters is 1. The van der Waals surface area contributed by atoms with Crippen LogP contribution in [0.1, 0.15) is 44.2 Å². The number of rotatable bonds is 6. The highest BCUT2D eigenvalue weighted by atomic mass is 16.5. The van der Waals surface area contributed by atoms with Gasteiger partial charge in [0.05, 0.1) is 26.2 Å².